The Morgan fingerprint density at radius 1 is 1.60 bits per heavy atom. The molecule has 1 aromatic rings. The highest BCUT2D eigenvalue weighted by Crippen LogP contribution is 2.11. The second kappa shape index (κ2) is 6.93. The zero-order valence-electron chi connectivity index (χ0n) is 12.5. The second-order valence-corrected chi connectivity index (χ2v) is 4.93. The van der Waals surface area contributed by atoms with Crippen LogP contribution in [0.3, 0.4) is 0 Å². The van der Waals surface area contributed by atoms with Gasteiger partial charge < -0.3 is 15.8 Å². The summed E-state index contributed by atoms with van der Waals surface area (Å²) in [5.74, 6) is 0.0168. The van der Waals surface area contributed by atoms with Crippen molar-refractivity contribution in [2.45, 2.75) is 39.7 Å². The lowest BCUT2D eigenvalue weighted by Crippen LogP contribution is -2.40. The molecule has 0 aliphatic carbocycles. The molecule has 7 nitrogen and oxygen atoms in total. The molecule has 0 atom stereocenters. The molecule has 0 radical (unpaired) electrons. The van der Waals surface area contributed by atoms with Gasteiger partial charge in [-0.2, -0.15) is 5.10 Å². The molecule has 0 aliphatic rings. The number of carbonyl (C=O) groups excluding carboxylic acids is 1. The number of hydrogen-bond acceptors (Lipinski definition) is 4. The number of hydrogen-bond donors (Lipinski definition) is 2. The van der Waals surface area contributed by atoms with E-state index in [0.29, 0.717) is 18.7 Å². The third-order valence-corrected chi connectivity index (χ3v) is 3.13. The number of carbonyl (C=O) groups is 1. The maximum Gasteiger partial charge on any atom is 0.272 e. The van der Waals surface area contributed by atoms with Crippen LogP contribution in [0.4, 0.5) is 0 Å². The van der Waals surface area contributed by atoms with Crippen molar-refractivity contribution in [2.75, 3.05) is 6.54 Å². The van der Waals surface area contributed by atoms with Crippen LogP contribution in [0, 0.1) is 0 Å². The maximum absolute atomic E-state index is 12.6. The Labute approximate surface area is 119 Å². The lowest BCUT2D eigenvalue weighted by Gasteiger charge is -2.26. The normalized spacial score (nSPS) is 11.9. The highest BCUT2D eigenvalue weighted by molar-refractivity contribution is 5.93. The van der Waals surface area contributed by atoms with Gasteiger partial charge >= 0.3 is 0 Å². The number of aromatic nitrogens is 2. The average Bonchev–Trinajstić information content (AvgIpc) is 2.79. The molecule has 1 aromatic heterocycles. The molecule has 112 valence electrons. The van der Waals surface area contributed by atoms with E-state index in [1.165, 1.54) is 0 Å². The van der Waals surface area contributed by atoms with Crippen molar-refractivity contribution < 1.29 is 10.0 Å². The van der Waals surface area contributed by atoms with Crippen LogP contribution in [-0.4, -0.2) is 44.2 Å². The van der Waals surface area contributed by atoms with Gasteiger partial charge in [0, 0.05) is 26.1 Å². The summed E-state index contributed by atoms with van der Waals surface area (Å²) < 4.78 is 1.60. The molecule has 1 amide bonds. The minimum Gasteiger partial charge on any atom is -0.409 e. The number of amidine groups is 1. The van der Waals surface area contributed by atoms with Gasteiger partial charge in [0.15, 0.2) is 0 Å². The fourth-order valence-electron chi connectivity index (χ4n) is 1.93. The minimum absolute atomic E-state index is 0.0222. The number of aryl methyl sites for hydroxylation is 2. The van der Waals surface area contributed by atoms with Gasteiger partial charge in [0.2, 0.25) is 0 Å². The molecule has 0 bridgehead atoms. The number of nitrogens with two attached hydrogens (primary N) is 1. The Morgan fingerprint density at radius 2 is 2.25 bits per heavy atom. The van der Waals surface area contributed by atoms with E-state index in [9.17, 15) is 4.79 Å². The summed E-state index contributed by atoms with van der Waals surface area (Å²) in [6.45, 7) is 6.26. The van der Waals surface area contributed by atoms with Gasteiger partial charge in [0.25, 0.3) is 5.91 Å². The molecule has 0 saturated heterocycles. The maximum atomic E-state index is 12.6. The molecule has 0 aliphatic heterocycles. The zero-order valence-corrected chi connectivity index (χ0v) is 12.5. The van der Waals surface area contributed by atoms with E-state index in [1.54, 1.807) is 22.7 Å². The van der Waals surface area contributed by atoms with Gasteiger partial charge in [-0.25, -0.2) is 0 Å². The molecule has 1 heterocycles. The van der Waals surface area contributed by atoms with Gasteiger partial charge in [-0.1, -0.05) is 12.1 Å². The lowest BCUT2D eigenvalue weighted by molar-refractivity contribution is 0.0699. The van der Waals surface area contributed by atoms with Crippen LogP contribution in [-0.2, 0) is 13.5 Å². The second-order valence-electron chi connectivity index (χ2n) is 4.93. The molecule has 0 fully saturated rings. The molecule has 0 saturated carbocycles. The molecule has 0 spiro atoms. The monoisotopic (exact) mass is 281 g/mol. The Bertz CT molecular complexity index is 493. The summed E-state index contributed by atoms with van der Waals surface area (Å²) in [7, 11) is 1.76. The molecule has 3 N–H and O–H groups in total. The molecule has 0 unspecified atom stereocenters. The van der Waals surface area contributed by atoms with Crippen LogP contribution < -0.4 is 5.73 Å². The summed E-state index contributed by atoms with van der Waals surface area (Å²) in [6.07, 6.45) is 1.12. The first-order valence-electron chi connectivity index (χ1n) is 6.71. The number of rotatable bonds is 6. The summed E-state index contributed by atoms with van der Waals surface area (Å²) in [5.41, 5.74) is 6.90. The summed E-state index contributed by atoms with van der Waals surface area (Å²) >= 11 is 0. The third-order valence-electron chi connectivity index (χ3n) is 3.13. The Kier molecular flexibility index (Phi) is 5.54. The smallest absolute Gasteiger partial charge is 0.272 e. The predicted molar refractivity (Wildman–Crippen MR) is 76.8 cm³/mol. The fraction of sp³-hybridized carbons (Fsp3) is 0.615. The average molecular weight is 281 g/mol. The van der Waals surface area contributed by atoms with Crippen molar-refractivity contribution in [3.05, 3.63) is 17.5 Å². The van der Waals surface area contributed by atoms with Crippen LogP contribution in [0.15, 0.2) is 11.2 Å². The predicted octanol–water partition coefficient (Wildman–Crippen LogP) is 0.970. The molecule has 1 rings (SSSR count). The molecular formula is C13H23N5O2. The Hall–Kier alpha value is -2.05. The summed E-state index contributed by atoms with van der Waals surface area (Å²) in [4.78, 5) is 14.2. The summed E-state index contributed by atoms with van der Waals surface area (Å²) in [5, 5.41) is 15.8. The number of oxime groups is 1. The van der Waals surface area contributed by atoms with Gasteiger partial charge in [-0.3, -0.25) is 9.48 Å². The van der Waals surface area contributed by atoms with Gasteiger partial charge in [-0.05, 0) is 26.3 Å². The quantitative estimate of drug-likeness (QED) is 0.351. The first-order chi connectivity index (χ1) is 9.40. The van der Waals surface area contributed by atoms with Crippen molar-refractivity contribution in [3.63, 3.8) is 0 Å². The van der Waals surface area contributed by atoms with Crippen molar-refractivity contribution in [1.29, 1.82) is 0 Å². The standard InChI is InChI=1S/C13H23N5O2/c1-5-10-8-11(17(4)15-10)13(19)18(9(2)3)7-6-12(14)16-20/h8-9,20H,5-7H2,1-4H3,(H2,14,16). The van der Waals surface area contributed by atoms with Gasteiger partial charge in [-0.15, -0.1) is 0 Å². The van der Waals surface area contributed by atoms with Crippen molar-refractivity contribution in [3.8, 4) is 0 Å². The molecule has 7 heteroatoms. The minimum atomic E-state index is -0.0968. The van der Waals surface area contributed by atoms with Crippen molar-refractivity contribution in [1.82, 2.24) is 14.7 Å². The van der Waals surface area contributed by atoms with Crippen LogP contribution in [0.1, 0.15) is 43.4 Å². The van der Waals surface area contributed by atoms with Gasteiger partial charge in [0.1, 0.15) is 11.5 Å². The van der Waals surface area contributed by atoms with E-state index in [2.05, 4.69) is 10.3 Å². The van der Waals surface area contributed by atoms with E-state index in [0.717, 1.165) is 12.1 Å². The van der Waals surface area contributed by atoms with Crippen LogP contribution in [0.2, 0.25) is 0 Å². The van der Waals surface area contributed by atoms with E-state index < -0.39 is 0 Å². The Balaban J connectivity index is 2.90. The van der Waals surface area contributed by atoms with E-state index in [1.807, 2.05) is 20.8 Å². The van der Waals surface area contributed by atoms with E-state index >= 15 is 0 Å². The first kappa shape index (κ1) is 16.0. The highest BCUT2D eigenvalue weighted by atomic mass is 16.4. The summed E-state index contributed by atoms with van der Waals surface area (Å²) in [6, 6.07) is 1.83. The molecule has 0 aromatic carbocycles. The molecular weight excluding hydrogens is 258 g/mol. The van der Waals surface area contributed by atoms with E-state index in [-0.39, 0.29) is 17.8 Å². The van der Waals surface area contributed by atoms with Gasteiger partial charge in [0.05, 0.1) is 5.69 Å². The number of amides is 1. The SMILES string of the molecule is CCc1cc(C(=O)N(CCC(N)=NO)C(C)C)n(C)n1. The first-order valence-corrected chi connectivity index (χ1v) is 6.71. The third kappa shape index (κ3) is 3.72. The Morgan fingerprint density at radius 3 is 2.70 bits per heavy atom. The van der Waals surface area contributed by atoms with Crippen LogP contribution >= 0.6 is 0 Å². The highest BCUT2D eigenvalue weighted by Gasteiger charge is 2.22. The van der Waals surface area contributed by atoms with Crippen LogP contribution in [0.5, 0.6) is 0 Å². The topological polar surface area (TPSA) is 96.7 Å². The van der Waals surface area contributed by atoms with Crippen molar-refractivity contribution in [2.24, 2.45) is 17.9 Å². The zero-order chi connectivity index (χ0) is 15.3. The molecule has 20 heavy (non-hydrogen) atoms. The van der Waals surface area contributed by atoms with Crippen LogP contribution in [0.25, 0.3) is 0 Å². The van der Waals surface area contributed by atoms with Crippen molar-refractivity contribution >= 4 is 11.7 Å². The number of nitrogens with zero attached hydrogens (tertiary/aromatic N) is 4. The largest absolute Gasteiger partial charge is 0.409 e. The lowest BCUT2D eigenvalue weighted by atomic mass is 10.2. The van der Waals surface area contributed by atoms with E-state index in [4.69, 9.17) is 10.9 Å². The fourth-order valence-corrected chi connectivity index (χ4v) is 1.93.